The van der Waals surface area contributed by atoms with Crippen molar-refractivity contribution in [2.45, 2.75) is 11.4 Å². The SMILES string of the molecule is CNS(=O)(=O)c1cccc(C(=O)NCc2ncc(-c3ccccc3)o2)c1. The third kappa shape index (κ3) is 3.98. The van der Waals surface area contributed by atoms with Gasteiger partial charge < -0.3 is 9.73 Å². The Balaban J connectivity index is 1.68. The van der Waals surface area contributed by atoms with E-state index in [0.717, 1.165) is 5.56 Å². The molecule has 7 nitrogen and oxygen atoms in total. The minimum Gasteiger partial charge on any atom is -0.439 e. The van der Waals surface area contributed by atoms with Gasteiger partial charge in [-0.05, 0) is 25.2 Å². The van der Waals surface area contributed by atoms with Gasteiger partial charge in [-0.25, -0.2) is 18.1 Å². The maximum absolute atomic E-state index is 12.3. The summed E-state index contributed by atoms with van der Waals surface area (Å²) in [7, 11) is -2.30. The lowest BCUT2D eigenvalue weighted by Crippen LogP contribution is -2.24. The summed E-state index contributed by atoms with van der Waals surface area (Å²) in [6.07, 6.45) is 1.59. The minimum absolute atomic E-state index is 0.0233. The van der Waals surface area contributed by atoms with Crippen LogP contribution in [0.4, 0.5) is 0 Å². The molecule has 26 heavy (non-hydrogen) atoms. The molecule has 1 amide bonds. The average molecular weight is 371 g/mol. The Bertz CT molecular complexity index is 1010. The fourth-order valence-electron chi connectivity index (χ4n) is 2.31. The van der Waals surface area contributed by atoms with Gasteiger partial charge in [0.1, 0.15) is 0 Å². The smallest absolute Gasteiger partial charge is 0.251 e. The first-order valence-electron chi connectivity index (χ1n) is 7.81. The molecule has 3 rings (SSSR count). The lowest BCUT2D eigenvalue weighted by atomic mass is 10.2. The number of hydrogen-bond donors (Lipinski definition) is 2. The maximum atomic E-state index is 12.3. The predicted molar refractivity (Wildman–Crippen MR) is 95.8 cm³/mol. The van der Waals surface area contributed by atoms with Gasteiger partial charge >= 0.3 is 0 Å². The zero-order valence-electron chi connectivity index (χ0n) is 14.0. The molecule has 0 spiro atoms. The van der Waals surface area contributed by atoms with Crippen LogP contribution in [0.5, 0.6) is 0 Å². The summed E-state index contributed by atoms with van der Waals surface area (Å²) < 4.78 is 31.5. The van der Waals surface area contributed by atoms with Crippen molar-refractivity contribution < 1.29 is 17.6 Å². The number of carbonyl (C=O) groups is 1. The minimum atomic E-state index is -3.61. The second-order valence-electron chi connectivity index (χ2n) is 5.40. The first-order valence-corrected chi connectivity index (χ1v) is 9.30. The van der Waals surface area contributed by atoms with E-state index in [2.05, 4.69) is 15.0 Å². The van der Waals surface area contributed by atoms with Crippen molar-refractivity contribution in [1.82, 2.24) is 15.0 Å². The second kappa shape index (κ2) is 7.51. The van der Waals surface area contributed by atoms with Crippen molar-refractivity contribution in [2.24, 2.45) is 0 Å². The quantitative estimate of drug-likeness (QED) is 0.692. The van der Waals surface area contributed by atoms with Crippen molar-refractivity contribution in [3.05, 3.63) is 72.2 Å². The zero-order valence-corrected chi connectivity index (χ0v) is 14.8. The molecule has 0 aliphatic rings. The summed E-state index contributed by atoms with van der Waals surface area (Å²) in [5, 5.41) is 2.67. The van der Waals surface area contributed by atoms with Gasteiger partial charge in [0.15, 0.2) is 5.76 Å². The van der Waals surface area contributed by atoms with Crippen molar-refractivity contribution in [3.63, 3.8) is 0 Å². The van der Waals surface area contributed by atoms with E-state index in [1.54, 1.807) is 6.20 Å². The van der Waals surface area contributed by atoms with E-state index in [9.17, 15) is 13.2 Å². The van der Waals surface area contributed by atoms with Crippen LogP contribution in [0.3, 0.4) is 0 Å². The Morgan fingerprint density at radius 3 is 2.62 bits per heavy atom. The van der Waals surface area contributed by atoms with E-state index < -0.39 is 15.9 Å². The lowest BCUT2D eigenvalue weighted by Gasteiger charge is -2.06. The molecule has 0 bridgehead atoms. The number of amides is 1. The molecule has 1 aromatic heterocycles. The molecule has 0 atom stereocenters. The van der Waals surface area contributed by atoms with E-state index in [1.807, 2.05) is 30.3 Å². The van der Waals surface area contributed by atoms with Crippen LogP contribution in [0, 0.1) is 0 Å². The first kappa shape index (κ1) is 17.8. The molecule has 0 aliphatic carbocycles. The third-order valence-corrected chi connectivity index (χ3v) is 5.10. The molecule has 0 radical (unpaired) electrons. The molecule has 3 aromatic rings. The van der Waals surface area contributed by atoms with Gasteiger partial charge in [0.2, 0.25) is 15.9 Å². The number of carbonyl (C=O) groups excluding carboxylic acids is 1. The number of oxazole rings is 1. The van der Waals surface area contributed by atoms with Gasteiger partial charge in [0.25, 0.3) is 5.91 Å². The first-order chi connectivity index (χ1) is 12.5. The highest BCUT2D eigenvalue weighted by Crippen LogP contribution is 2.19. The Morgan fingerprint density at radius 1 is 1.12 bits per heavy atom. The molecule has 0 fully saturated rings. The third-order valence-electron chi connectivity index (χ3n) is 3.69. The number of sulfonamides is 1. The zero-order chi connectivity index (χ0) is 18.6. The van der Waals surface area contributed by atoms with E-state index in [1.165, 1.54) is 31.3 Å². The molecule has 8 heteroatoms. The summed E-state index contributed by atoms with van der Waals surface area (Å²) in [6.45, 7) is 0.0919. The van der Waals surface area contributed by atoms with Crippen LogP contribution < -0.4 is 10.0 Å². The Hall–Kier alpha value is -2.97. The van der Waals surface area contributed by atoms with Crippen molar-refractivity contribution in [3.8, 4) is 11.3 Å². The molecular formula is C18H17N3O4S. The standard InChI is InChI=1S/C18H17N3O4S/c1-19-26(23,24)15-9-5-8-14(10-15)18(22)21-12-17-20-11-16(25-17)13-6-3-2-4-7-13/h2-11,19H,12H2,1H3,(H,21,22). The van der Waals surface area contributed by atoms with E-state index >= 15 is 0 Å². The number of benzene rings is 2. The number of nitrogens with zero attached hydrogens (tertiary/aromatic N) is 1. The molecule has 0 unspecified atom stereocenters. The van der Waals surface area contributed by atoms with Crippen molar-refractivity contribution >= 4 is 15.9 Å². The fourth-order valence-corrected chi connectivity index (χ4v) is 3.08. The van der Waals surface area contributed by atoms with E-state index in [4.69, 9.17) is 4.42 Å². The maximum Gasteiger partial charge on any atom is 0.251 e. The summed E-state index contributed by atoms with van der Waals surface area (Å²) in [4.78, 5) is 16.4. The Labute approximate surface area is 151 Å². The highest BCUT2D eigenvalue weighted by Gasteiger charge is 2.15. The molecule has 134 valence electrons. The van der Waals surface area contributed by atoms with Crippen LogP contribution in [0.25, 0.3) is 11.3 Å². The molecule has 2 N–H and O–H groups in total. The second-order valence-corrected chi connectivity index (χ2v) is 7.29. The van der Waals surface area contributed by atoms with E-state index in [0.29, 0.717) is 11.7 Å². The molecule has 0 saturated heterocycles. The summed E-state index contributed by atoms with van der Waals surface area (Å²) in [6, 6.07) is 15.3. The van der Waals surface area contributed by atoms with Crippen LogP contribution >= 0.6 is 0 Å². The lowest BCUT2D eigenvalue weighted by molar-refractivity contribution is 0.0947. The monoisotopic (exact) mass is 371 g/mol. The summed E-state index contributed by atoms with van der Waals surface area (Å²) >= 11 is 0. The molecule has 2 aromatic carbocycles. The van der Waals surface area contributed by atoms with Crippen molar-refractivity contribution in [1.29, 1.82) is 0 Å². The van der Waals surface area contributed by atoms with Gasteiger partial charge in [-0.2, -0.15) is 0 Å². The van der Waals surface area contributed by atoms with Crippen LogP contribution in [0.15, 0.2) is 70.1 Å². The fraction of sp³-hybridized carbons (Fsp3) is 0.111. The van der Waals surface area contributed by atoms with Crippen LogP contribution in [0.1, 0.15) is 16.2 Å². The van der Waals surface area contributed by atoms with Gasteiger partial charge in [-0.1, -0.05) is 36.4 Å². The van der Waals surface area contributed by atoms with Gasteiger partial charge in [-0.15, -0.1) is 0 Å². The molecule has 1 heterocycles. The molecule has 0 aliphatic heterocycles. The van der Waals surface area contributed by atoms with Gasteiger partial charge in [-0.3, -0.25) is 4.79 Å². The van der Waals surface area contributed by atoms with Gasteiger partial charge in [0.05, 0.1) is 17.6 Å². The summed E-state index contributed by atoms with van der Waals surface area (Å²) in [5.74, 6) is 0.547. The highest BCUT2D eigenvalue weighted by molar-refractivity contribution is 7.89. The number of rotatable bonds is 6. The average Bonchev–Trinajstić information content (AvgIpc) is 3.16. The largest absolute Gasteiger partial charge is 0.439 e. The highest BCUT2D eigenvalue weighted by atomic mass is 32.2. The van der Waals surface area contributed by atoms with Crippen LogP contribution in [-0.4, -0.2) is 26.4 Å². The van der Waals surface area contributed by atoms with Crippen molar-refractivity contribution in [2.75, 3.05) is 7.05 Å². The van der Waals surface area contributed by atoms with E-state index in [-0.39, 0.29) is 17.0 Å². The number of hydrogen-bond acceptors (Lipinski definition) is 5. The molecule has 0 saturated carbocycles. The number of nitrogens with one attached hydrogen (secondary N) is 2. The molecular weight excluding hydrogens is 354 g/mol. The predicted octanol–water partition coefficient (Wildman–Crippen LogP) is 2.18. The number of aromatic nitrogens is 1. The normalized spacial score (nSPS) is 11.3. The Kier molecular flexibility index (Phi) is 5.15. The van der Waals surface area contributed by atoms with Gasteiger partial charge in [0, 0.05) is 11.1 Å². The summed E-state index contributed by atoms with van der Waals surface area (Å²) in [5.41, 5.74) is 1.12. The van der Waals surface area contributed by atoms with Crippen LogP contribution in [-0.2, 0) is 16.6 Å². The topological polar surface area (TPSA) is 101 Å². The Morgan fingerprint density at radius 2 is 1.88 bits per heavy atom. The van der Waals surface area contributed by atoms with Crippen LogP contribution in [0.2, 0.25) is 0 Å².